The quantitative estimate of drug-likeness (QED) is 0.536. The van der Waals surface area contributed by atoms with E-state index in [9.17, 15) is 9.59 Å². The van der Waals surface area contributed by atoms with Crippen molar-refractivity contribution < 1.29 is 9.53 Å². The number of hydrogen-bond donors (Lipinski definition) is 1. The summed E-state index contributed by atoms with van der Waals surface area (Å²) in [6.45, 7) is 5.18. The zero-order valence-corrected chi connectivity index (χ0v) is 19.0. The number of likely N-dealkylation sites (tertiary alicyclic amines) is 1. The lowest BCUT2D eigenvalue weighted by molar-refractivity contribution is 0.177. The Balaban J connectivity index is 1.29. The molecule has 0 bridgehead atoms. The summed E-state index contributed by atoms with van der Waals surface area (Å²) < 4.78 is 8.95. The summed E-state index contributed by atoms with van der Waals surface area (Å²) in [6, 6.07) is 19.4. The minimum atomic E-state index is -0.0763. The van der Waals surface area contributed by atoms with Crippen LogP contribution in [0.5, 0.6) is 5.75 Å². The second kappa shape index (κ2) is 10.8. The first kappa shape index (κ1) is 22.6. The Labute approximate surface area is 193 Å². The van der Waals surface area contributed by atoms with Crippen LogP contribution in [-0.4, -0.2) is 51.5 Å². The van der Waals surface area contributed by atoms with Gasteiger partial charge in [-0.3, -0.25) is 4.57 Å². The fourth-order valence-electron chi connectivity index (χ4n) is 4.21. The van der Waals surface area contributed by atoms with Gasteiger partial charge in [-0.2, -0.15) is 5.10 Å². The monoisotopic (exact) mass is 449 g/mol. The SMILES string of the molecule is CCn1c(C2CCN(C(=O)NCCOc3ccccc3)CC2)nn(Cc2ccccc2)c1=O. The van der Waals surface area contributed by atoms with E-state index in [0.29, 0.717) is 39.3 Å². The lowest BCUT2D eigenvalue weighted by atomic mass is 9.96. The third-order valence-electron chi connectivity index (χ3n) is 5.98. The van der Waals surface area contributed by atoms with Crippen LogP contribution in [0.25, 0.3) is 0 Å². The van der Waals surface area contributed by atoms with Crippen LogP contribution in [0, 0.1) is 0 Å². The number of nitrogens with zero attached hydrogens (tertiary/aromatic N) is 4. The molecule has 4 rings (SSSR count). The largest absolute Gasteiger partial charge is 0.492 e. The molecular formula is C25H31N5O3. The molecule has 1 aromatic heterocycles. The molecule has 0 aliphatic carbocycles. The number of nitrogens with one attached hydrogen (secondary N) is 1. The van der Waals surface area contributed by atoms with Gasteiger partial charge in [-0.25, -0.2) is 14.3 Å². The molecule has 2 aromatic carbocycles. The van der Waals surface area contributed by atoms with Gasteiger partial charge in [0.1, 0.15) is 18.2 Å². The summed E-state index contributed by atoms with van der Waals surface area (Å²) in [5.74, 6) is 1.79. The lowest BCUT2D eigenvalue weighted by Gasteiger charge is -2.31. The topological polar surface area (TPSA) is 81.4 Å². The van der Waals surface area contributed by atoms with Crippen LogP contribution in [0.15, 0.2) is 65.5 Å². The molecule has 1 aliphatic rings. The van der Waals surface area contributed by atoms with Crippen LogP contribution in [0.4, 0.5) is 4.79 Å². The first-order valence-corrected chi connectivity index (χ1v) is 11.6. The second-order valence-corrected chi connectivity index (χ2v) is 8.18. The summed E-state index contributed by atoms with van der Waals surface area (Å²) in [4.78, 5) is 27.2. The molecule has 1 N–H and O–H groups in total. The molecule has 1 fully saturated rings. The number of rotatable bonds is 8. The zero-order chi connectivity index (χ0) is 23.0. The van der Waals surface area contributed by atoms with Gasteiger partial charge in [-0.15, -0.1) is 0 Å². The van der Waals surface area contributed by atoms with Gasteiger partial charge in [0, 0.05) is 25.6 Å². The first-order valence-electron chi connectivity index (χ1n) is 11.6. The first-order chi connectivity index (χ1) is 16.2. The zero-order valence-electron chi connectivity index (χ0n) is 19.0. The Morgan fingerprint density at radius 1 is 1.06 bits per heavy atom. The number of carbonyl (C=O) groups excluding carboxylic acids is 1. The summed E-state index contributed by atoms with van der Waals surface area (Å²) in [6.07, 6.45) is 1.57. The van der Waals surface area contributed by atoms with Crippen molar-refractivity contribution in [1.82, 2.24) is 24.6 Å². The molecule has 1 saturated heterocycles. The molecule has 8 nitrogen and oxygen atoms in total. The van der Waals surface area contributed by atoms with Crippen molar-refractivity contribution in [2.75, 3.05) is 26.2 Å². The Kier molecular flexibility index (Phi) is 7.44. The van der Waals surface area contributed by atoms with Crippen LogP contribution < -0.4 is 15.7 Å². The van der Waals surface area contributed by atoms with Crippen LogP contribution >= 0.6 is 0 Å². The summed E-state index contributed by atoms with van der Waals surface area (Å²) in [7, 11) is 0. The fraction of sp³-hybridized carbons (Fsp3) is 0.400. The van der Waals surface area contributed by atoms with E-state index in [1.54, 1.807) is 9.25 Å². The minimum absolute atomic E-state index is 0.0741. The molecule has 33 heavy (non-hydrogen) atoms. The Bertz CT molecular complexity index is 1090. The van der Waals surface area contributed by atoms with Gasteiger partial charge in [-0.1, -0.05) is 48.5 Å². The highest BCUT2D eigenvalue weighted by atomic mass is 16.5. The Hall–Kier alpha value is -3.55. The van der Waals surface area contributed by atoms with Crippen LogP contribution in [0.2, 0.25) is 0 Å². The van der Waals surface area contributed by atoms with Crippen molar-refractivity contribution >= 4 is 6.03 Å². The molecule has 0 radical (unpaired) electrons. The maximum absolute atomic E-state index is 12.9. The number of para-hydroxylation sites is 1. The van der Waals surface area contributed by atoms with E-state index in [-0.39, 0.29) is 17.6 Å². The average Bonchev–Trinajstić information content (AvgIpc) is 3.18. The number of benzene rings is 2. The molecule has 174 valence electrons. The Morgan fingerprint density at radius 3 is 2.39 bits per heavy atom. The van der Waals surface area contributed by atoms with E-state index in [2.05, 4.69) is 5.32 Å². The van der Waals surface area contributed by atoms with Gasteiger partial charge < -0.3 is 15.0 Å². The molecule has 0 atom stereocenters. The molecule has 0 saturated carbocycles. The van der Waals surface area contributed by atoms with Crippen molar-refractivity contribution in [1.29, 1.82) is 0 Å². The van der Waals surface area contributed by atoms with Gasteiger partial charge in [-0.05, 0) is 37.5 Å². The second-order valence-electron chi connectivity index (χ2n) is 8.18. The molecule has 2 amide bonds. The van der Waals surface area contributed by atoms with Crippen molar-refractivity contribution in [2.45, 2.75) is 38.8 Å². The van der Waals surface area contributed by atoms with Crippen molar-refractivity contribution in [2.24, 2.45) is 0 Å². The summed E-state index contributed by atoms with van der Waals surface area (Å²) in [5, 5.41) is 7.62. The summed E-state index contributed by atoms with van der Waals surface area (Å²) in [5.41, 5.74) is 0.976. The van der Waals surface area contributed by atoms with Crippen LogP contribution in [-0.2, 0) is 13.1 Å². The smallest absolute Gasteiger partial charge is 0.346 e. The van der Waals surface area contributed by atoms with E-state index in [1.165, 1.54) is 0 Å². The average molecular weight is 450 g/mol. The number of urea groups is 1. The van der Waals surface area contributed by atoms with E-state index in [1.807, 2.05) is 72.5 Å². The maximum Gasteiger partial charge on any atom is 0.346 e. The molecule has 2 heterocycles. The number of amides is 2. The lowest BCUT2D eigenvalue weighted by Crippen LogP contribution is -2.45. The molecule has 0 unspecified atom stereocenters. The third-order valence-corrected chi connectivity index (χ3v) is 5.98. The van der Waals surface area contributed by atoms with E-state index in [4.69, 9.17) is 9.84 Å². The molecule has 8 heteroatoms. The number of carbonyl (C=O) groups is 1. The molecule has 0 spiro atoms. The van der Waals surface area contributed by atoms with Crippen LogP contribution in [0.1, 0.15) is 37.1 Å². The number of hydrogen-bond acceptors (Lipinski definition) is 4. The number of ether oxygens (including phenoxy) is 1. The Morgan fingerprint density at radius 2 is 1.73 bits per heavy atom. The highest BCUT2D eigenvalue weighted by Gasteiger charge is 2.28. The van der Waals surface area contributed by atoms with Crippen molar-refractivity contribution in [3.8, 4) is 5.75 Å². The highest BCUT2D eigenvalue weighted by molar-refractivity contribution is 5.74. The maximum atomic E-state index is 12.9. The van der Waals surface area contributed by atoms with E-state index in [0.717, 1.165) is 30.0 Å². The van der Waals surface area contributed by atoms with E-state index < -0.39 is 0 Å². The summed E-state index contributed by atoms with van der Waals surface area (Å²) >= 11 is 0. The van der Waals surface area contributed by atoms with Gasteiger partial charge in [0.15, 0.2) is 0 Å². The van der Waals surface area contributed by atoms with E-state index >= 15 is 0 Å². The standard InChI is InChI=1S/C25H31N5O3/c1-2-29-23(27-30(25(29)32)19-20-9-5-3-6-10-20)21-13-16-28(17-14-21)24(31)26-15-18-33-22-11-7-4-8-12-22/h3-12,21H,2,13-19H2,1H3,(H,26,31). The fourth-order valence-corrected chi connectivity index (χ4v) is 4.21. The number of piperidine rings is 1. The highest BCUT2D eigenvalue weighted by Crippen LogP contribution is 2.26. The third kappa shape index (κ3) is 5.63. The van der Waals surface area contributed by atoms with Crippen molar-refractivity contribution in [3.05, 3.63) is 82.5 Å². The normalized spacial score (nSPS) is 14.3. The van der Waals surface area contributed by atoms with Crippen molar-refractivity contribution in [3.63, 3.8) is 0 Å². The van der Waals surface area contributed by atoms with Gasteiger partial charge in [0.2, 0.25) is 0 Å². The van der Waals surface area contributed by atoms with Gasteiger partial charge in [0.25, 0.3) is 0 Å². The van der Waals surface area contributed by atoms with Gasteiger partial charge in [0.05, 0.1) is 13.1 Å². The molecule has 1 aliphatic heterocycles. The van der Waals surface area contributed by atoms with Crippen LogP contribution in [0.3, 0.4) is 0 Å². The molecular weight excluding hydrogens is 418 g/mol. The number of aromatic nitrogens is 3. The predicted molar refractivity (Wildman–Crippen MR) is 127 cm³/mol. The minimum Gasteiger partial charge on any atom is -0.492 e. The predicted octanol–water partition coefficient (Wildman–Crippen LogP) is 3.08. The molecule has 3 aromatic rings. The van der Waals surface area contributed by atoms with Gasteiger partial charge >= 0.3 is 11.7 Å².